The zero-order valence-corrected chi connectivity index (χ0v) is 10.1. The summed E-state index contributed by atoms with van der Waals surface area (Å²) in [4.78, 5) is 1.36. The Bertz CT molecular complexity index is 304. The maximum atomic E-state index is 6.24. The largest absolute Gasteiger partial charge is 0.381 e. The monoisotopic (exact) mass is 225 g/mol. The highest BCUT2D eigenvalue weighted by Crippen LogP contribution is 2.30. The minimum absolute atomic E-state index is 0.230. The van der Waals surface area contributed by atoms with Crippen LogP contribution in [0.5, 0.6) is 0 Å². The van der Waals surface area contributed by atoms with Crippen molar-refractivity contribution in [2.45, 2.75) is 32.2 Å². The number of rotatable bonds is 3. The van der Waals surface area contributed by atoms with E-state index in [1.807, 2.05) is 0 Å². The van der Waals surface area contributed by atoms with Crippen molar-refractivity contribution >= 4 is 11.3 Å². The molecule has 1 saturated heterocycles. The van der Waals surface area contributed by atoms with Gasteiger partial charge in [0.05, 0.1) is 0 Å². The highest BCUT2D eigenvalue weighted by Gasteiger charge is 2.19. The summed E-state index contributed by atoms with van der Waals surface area (Å²) < 4.78 is 5.36. The topological polar surface area (TPSA) is 35.2 Å². The van der Waals surface area contributed by atoms with E-state index < -0.39 is 0 Å². The van der Waals surface area contributed by atoms with E-state index in [4.69, 9.17) is 10.5 Å². The van der Waals surface area contributed by atoms with E-state index in [1.54, 1.807) is 11.3 Å². The Labute approximate surface area is 95.4 Å². The number of ether oxygens (including phenoxy) is 1. The third-order valence-electron chi connectivity index (χ3n) is 3.17. The molecule has 3 heteroatoms. The quantitative estimate of drug-likeness (QED) is 0.858. The summed E-state index contributed by atoms with van der Waals surface area (Å²) in [5.74, 6) is 0.759. The summed E-state index contributed by atoms with van der Waals surface area (Å²) in [6, 6.07) is 2.39. The van der Waals surface area contributed by atoms with Crippen molar-refractivity contribution < 1.29 is 4.74 Å². The zero-order chi connectivity index (χ0) is 10.7. The molecule has 1 aromatic rings. The fourth-order valence-corrected chi connectivity index (χ4v) is 3.16. The van der Waals surface area contributed by atoms with Gasteiger partial charge in [0.15, 0.2) is 0 Å². The number of nitrogens with two attached hydrogens (primary N) is 1. The van der Waals surface area contributed by atoms with Gasteiger partial charge in [-0.05, 0) is 49.1 Å². The van der Waals surface area contributed by atoms with Crippen LogP contribution in [0.1, 0.15) is 35.7 Å². The lowest BCUT2D eigenvalue weighted by atomic mass is 9.92. The van der Waals surface area contributed by atoms with Crippen LogP contribution in [-0.4, -0.2) is 13.2 Å². The Kier molecular flexibility index (Phi) is 3.78. The van der Waals surface area contributed by atoms with Gasteiger partial charge in [-0.3, -0.25) is 0 Å². The van der Waals surface area contributed by atoms with E-state index in [0.29, 0.717) is 0 Å². The molecule has 1 unspecified atom stereocenters. The molecule has 0 amide bonds. The van der Waals surface area contributed by atoms with Gasteiger partial charge >= 0.3 is 0 Å². The van der Waals surface area contributed by atoms with Crippen LogP contribution in [0.2, 0.25) is 0 Å². The third kappa shape index (κ3) is 2.80. The normalized spacial score (nSPS) is 20.4. The van der Waals surface area contributed by atoms with Crippen LogP contribution in [-0.2, 0) is 4.74 Å². The molecule has 1 fully saturated rings. The van der Waals surface area contributed by atoms with E-state index in [0.717, 1.165) is 25.6 Å². The molecule has 2 rings (SSSR count). The predicted molar refractivity (Wildman–Crippen MR) is 64.1 cm³/mol. The number of thiophene rings is 1. The van der Waals surface area contributed by atoms with E-state index >= 15 is 0 Å². The molecule has 0 aromatic carbocycles. The van der Waals surface area contributed by atoms with E-state index in [2.05, 4.69) is 18.4 Å². The molecule has 15 heavy (non-hydrogen) atoms. The van der Waals surface area contributed by atoms with Gasteiger partial charge in [0.1, 0.15) is 0 Å². The molecule has 0 radical (unpaired) electrons. The maximum absolute atomic E-state index is 6.24. The highest BCUT2D eigenvalue weighted by molar-refractivity contribution is 7.10. The first kappa shape index (κ1) is 11.1. The second kappa shape index (κ2) is 5.10. The van der Waals surface area contributed by atoms with E-state index in [1.165, 1.54) is 23.3 Å². The summed E-state index contributed by atoms with van der Waals surface area (Å²) in [6.45, 7) is 3.98. The maximum Gasteiger partial charge on any atom is 0.0468 e. The Morgan fingerprint density at radius 3 is 2.87 bits per heavy atom. The SMILES string of the molecule is Cc1ccsc1C(N)CC1CCOCC1. The third-order valence-corrected chi connectivity index (χ3v) is 4.32. The Morgan fingerprint density at radius 1 is 1.53 bits per heavy atom. The van der Waals surface area contributed by atoms with Gasteiger partial charge in [-0.2, -0.15) is 0 Å². The molecule has 0 aliphatic carbocycles. The van der Waals surface area contributed by atoms with Gasteiger partial charge in [-0.15, -0.1) is 11.3 Å². The number of hydrogen-bond donors (Lipinski definition) is 1. The molecule has 0 saturated carbocycles. The number of hydrogen-bond acceptors (Lipinski definition) is 3. The van der Waals surface area contributed by atoms with Crippen LogP contribution in [0.15, 0.2) is 11.4 Å². The Hall–Kier alpha value is -0.380. The molecule has 1 aliphatic rings. The molecule has 1 atom stereocenters. The van der Waals surface area contributed by atoms with Crippen LogP contribution >= 0.6 is 11.3 Å². The van der Waals surface area contributed by atoms with Gasteiger partial charge < -0.3 is 10.5 Å². The first-order chi connectivity index (χ1) is 7.27. The van der Waals surface area contributed by atoms with E-state index in [-0.39, 0.29) is 6.04 Å². The lowest BCUT2D eigenvalue weighted by molar-refractivity contribution is 0.0619. The molecule has 84 valence electrons. The molecule has 1 aromatic heterocycles. The molecule has 2 N–H and O–H groups in total. The lowest BCUT2D eigenvalue weighted by Gasteiger charge is -2.24. The minimum atomic E-state index is 0.230. The summed E-state index contributed by atoms with van der Waals surface area (Å²) in [6.07, 6.45) is 3.47. The Balaban J connectivity index is 1.91. The molecule has 0 bridgehead atoms. The molecule has 1 aliphatic heterocycles. The average molecular weight is 225 g/mol. The smallest absolute Gasteiger partial charge is 0.0468 e. The van der Waals surface area contributed by atoms with Crippen LogP contribution in [0.3, 0.4) is 0 Å². The van der Waals surface area contributed by atoms with Crippen LogP contribution in [0.4, 0.5) is 0 Å². The van der Waals surface area contributed by atoms with Crippen molar-refractivity contribution in [3.05, 3.63) is 21.9 Å². The molecular formula is C12H19NOS. The fraction of sp³-hybridized carbons (Fsp3) is 0.667. The van der Waals surface area contributed by atoms with Crippen molar-refractivity contribution in [2.24, 2.45) is 11.7 Å². The first-order valence-electron chi connectivity index (χ1n) is 5.64. The minimum Gasteiger partial charge on any atom is -0.381 e. The van der Waals surface area contributed by atoms with Gasteiger partial charge in [0.25, 0.3) is 0 Å². The molecule has 2 nitrogen and oxygen atoms in total. The van der Waals surface area contributed by atoms with Crippen LogP contribution in [0, 0.1) is 12.8 Å². The van der Waals surface area contributed by atoms with Crippen LogP contribution in [0.25, 0.3) is 0 Å². The zero-order valence-electron chi connectivity index (χ0n) is 9.24. The van der Waals surface area contributed by atoms with Crippen molar-refractivity contribution in [3.63, 3.8) is 0 Å². The summed E-state index contributed by atoms with van der Waals surface area (Å²) in [5, 5.41) is 2.13. The summed E-state index contributed by atoms with van der Waals surface area (Å²) in [7, 11) is 0. The number of aryl methyl sites for hydroxylation is 1. The summed E-state index contributed by atoms with van der Waals surface area (Å²) >= 11 is 1.79. The summed E-state index contributed by atoms with van der Waals surface area (Å²) in [5.41, 5.74) is 7.59. The van der Waals surface area contributed by atoms with Gasteiger partial charge in [0, 0.05) is 24.1 Å². The van der Waals surface area contributed by atoms with Gasteiger partial charge in [0.2, 0.25) is 0 Å². The second-order valence-corrected chi connectivity index (χ2v) is 5.31. The lowest BCUT2D eigenvalue weighted by Crippen LogP contribution is -2.21. The predicted octanol–water partition coefficient (Wildman–Crippen LogP) is 2.87. The average Bonchev–Trinajstić information content (AvgIpc) is 2.66. The highest BCUT2D eigenvalue weighted by atomic mass is 32.1. The fourth-order valence-electron chi connectivity index (χ4n) is 2.21. The first-order valence-corrected chi connectivity index (χ1v) is 6.52. The standard InChI is InChI=1S/C12H19NOS/c1-9-4-7-15-12(9)11(13)8-10-2-5-14-6-3-10/h4,7,10-11H,2-3,5-6,8,13H2,1H3. The van der Waals surface area contributed by atoms with Crippen molar-refractivity contribution in [2.75, 3.05) is 13.2 Å². The molecular weight excluding hydrogens is 206 g/mol. The van der Waals surface area contributed by atoms with Crippen molar-refractivity contribution in [1.29, 1.82) is 0 Å². The van der Waals surface area contributed by atoms with E-state index in [9.17, 15) is 0 Å². The Morgan fingerprint density at radius 2 is 2.27 bits per heavy atom. The van der Waals surface area contributed by atoms with Gasteiger partial charge in [-0.25, -0.2) is 0 Å². The second-order valence-electron chi connectivity index (χ2n) is 4.37. The van der Waals surface area contributed by atoms with Crippen LogP contribution < -0.4 is 5.73 Å². The molecule has 0 spiro atoms. The van der Waals surface area contributed by atoms with Crippen molar-refractivity contribution in [3.8, 4) is 0 Å². The van der Waals surface area contributed by atoms with Gasteiger partial charge in [-0.1, -0.05) is 0 Å². The molecule has 2 heterocycles. The van der Waals surface area contributed by atoms with Crippen molar-refractivity contribution in [1.82, 2.24) is 0 Å².